The third kappa shape index (κ3) is 7.34. The Hall–Kier alpha value is -0.120. The SMILES string of the molecule is CCCC1CCCN(CCCNCCOC)CC1. The average molecular weight is 256 g/mol. The van der Waals surface area contributed by atoms with Gasteiger partial charge in [0.2, 0.25) is 0 Å². The lowest BCUT2D eigenvalue weighted by Crippen LogP contribution is -2.29. The molecule has 1 aliphatic rings. The molecule has 18 heavy (non-hydrogen) atoms. The van der Waals surface area contributed by atoms with Gasteiger partial charge in [-0.25, -0.2) is 0 Å². The lowest BCUT2D eigenvalue weighted by Gasteiger charge is -2.20. The predicted octanol–water partition coefficient (Wildman–Crippen LogP) is 2.51. The van der Waals surface area contributed by atoms with Gasteiger partial charge in [-0.15, -0.1) is 0 Å². The van der Waals surface area contributed by atoms with E-state index in [4.69, 9.17) is 4.74 Å². The minimum atomic E-state index is 0.822. The van der Waals surface area contributed by atoms with Crippen LogP contribution < -0.4 is 5.32 Å². The second kappa shape index (κ2) is 10.8. The highest BCUT2D eigenvalue weighted by Gasteiger charge is 2.15. The van der Waals surface area contributed by atoms with Crippen LogP contribution in [0, 0.1) is 5.92 Å². The zero-order valence-electron chi connectivity index (χ0n) is 12.4. The highest BCUT2D eigenvalue weighted by atomic mass is 16.5. The number of hydrogen-bond donors (Lipinski definition) is 1. The Morgan fingerprint density at radius 3 is 2.89 bits per heavy atom. The van der Waals surface area contributed by atoms with Gasteiger partial charge in [0.15, 0.2) is 0 Å². The van der Waals surface area contributed by atoms with Crippen molar-refractivity contribution in [2.75, 3.05) is 46.4 Å². The largest absolute Gasteiger partial charge is 0.383 e. The first-order chi connectivity index (χ1) is 8.86. The summed E-state index contributed by atoms with van der Waals surface area (Å²) >= 11 is 0. The van der Waals surface area contributed by atoms with Gasteiger partial charge in [0.1, 0.15) is 0 Å². The molecule has 1 rings (SSSR count). The van der Waals surface area contributed by atoms with Crippen LogP contribution in [0.5, 0.6) is 0 Å². The third-order valence-electron chi connectivity index (χ3n) is 3.95. The maximum atomic E-state index is 5.02. The molecule has 1 unspecified atom stereocenters. The monoisotopic (exact) mass is 256 g/mol. The molecule has 3 nitrogen and oxygen atoms in total. The van der Waals surface area contributed by atoms with Crippen molar-refractivity contribution in [2.24, 2.45) is 5.92 Å². The molecule has 0 aromatic heterocycles. The topological polar surface area (TPSA) is 24.5 Å². The van der Waals surface area contributed by atoms with E-state index in [1.54, 1.807) is 7.11 Å². The van der Waals surface area contributed by atoms with E-state index in [0.717, 1.165) is 25.6 Å². The molecule has 0 bridgehead atoms. The number of methoxy groups -OCH3 is 1. The minimum absolute atomic E-state index is 0.822. The summed E-state index contributed by atoms with van der Waals surface area (Å²) < 4.78 is 5.02. The van der Waals surface area contributed by atoms with Gasteiger partial charge in [-0.2, -0.15) is 0 Å². The zero-order chi connectivity index (χ0) is 13.1. The molecule has 0 saturated carbocycles. The van der Waals surface area contributed by atoms with Crippen LogP contribution in [0.15, 0.2) is 0 Å². The van der Waals surface area contributed by atoms with Gasteiger partial charge >= 0.3 is 0 Å². The lowest BCUT2D eigenvalue weighted by molar-refractivity contribution is 0.198. The van der Waals surface area contributed by atoms with E-state index in [1.807, 2.05) is 0 Å². The smallest absolute Gasteiger partial charge is 0.0587 e. The number of rotatable bonds is 9. The Kier molecular flexibility index (Phi) is 9.54. The van der Waals surface area contributed by atoms with Crippen molar-refractivity contribution in [1.29, 1.82) is 0 Å². The Morgan fingerprint density at radius 1 is 1.22 bits per heavy atom. The van der Waals surface area contributed by atoms with Crippen LogP contribution in [0.3, 0.4) is 0 Å². The normalized spacial score (nSPS) is 22.0. The van der Waals surface area contributed by atoms with Gasteiger partial charge in [-0.3, -0.25) is 0 Å². The molecule has 1 saturated heterocycles. The van der Waals surface area contributed by atoms with E-state index in [9.17, 15) is 0 Å². The van der Waals surface area contributed by atoms with Crippen molar-refractivity contribution in [3.05, 3.63) is 0 Å². The zero-order valence-corrected chi connectivity index (χ0v) is 12.4. The molecule has 0 amide bonds. The fourth-order valence-corrected chi connectivity index (χ4v) is 2.87. The summed E-state index contributed by atoms with van der Waals surface area (Å²) in [6.07, 6.45) is 8.34. The van der Waals surface area contributed by atoms with Gasteiger partial charge in [0.05, 0.1) is 6.61 Å². The first-order valence-electron chi connectivity index (χ1n) is 7.78. The van der Waals surface area contributed by atoms with E-state index >= 15 is 0 Å². The molecule has 1 heterocycles. The van der Waals surface area contributed by atoms with Crippen LogP contribution in [0.4, 0.5) is 0 Å². The maximum Gasteiger partial charge on any atom is 0.0587 e. The number of hydrogen-bond acceptors (Lipinski definition) is 3. The Balaban J connectivity index is 2.01. The van der Waals surface area contributed by atoms with E-state index in [1.165, 1.54) is 58.2 Å². The van der Waals surface area contributed by atoms with E-state index < -0.39 is 0 Å². The van der Waals surface area contributed by atoms with E-state index in [-0.39, 0.29) is 0 Å². The van der Waals surface area contributed by atoms with Crippen molar-refractivity contribution in [1.82, 2.24) is 10.2 Å². The molecule has 1 N–H and O–H groups in total. The highest BCUT2D eigenvalue weighted by Crippen LogP contribution is 2.21. The van der Waals surface area contributed by atoms with Gasteiger partial charge < -0.3 is 15.0 Å². The van der Waals surface area contributed by atoms with Crippen LogP contribution in [0.1, 0.15) is 45.4 Å². The fourth-order valence-electron chi connectivity index (χ4n) is 2.87. The van der Waals surface area contributed by atoms with Crippen molar-refractivity contribution >= 4 is 0 Å². The molecular formula is C15H32N2O. The number of likely N-dealkylation sites (tertiary alicyclic amines) is 1. The molecule has 3 heteroatoms. The van der Waals surface area contributed by atoms with Crippen LogP contribution in [-0.2, 0) is 4.74 Å². The van der Waals surface area contributed by atoms with E-state index in [2.05, 4.69) is 17.1 Å². The lowest BCUT2D eigenvalue weighted by atomic mass is 9.96. The molecule has 1 atom stereocenters. The van der Waals surface area contributed by atoms with Crippen LogP contribution in [0.25, 0.3) is 0 Å². The third-order valence-corrected chi connectivity index (χ3v) is 3.95. The van der Waals surface area contributed by atoms with Crippen LogP contribution in [0.2, 0.25) is 0 Å². The molecule has 0 aromatic carbocycles. The average Bonchev–Trinajstić information content (AvgIpc) is 2.60. The summed E-state index contributed by atoms with van der Waals surface area (Å²) in [5.41, 5.74) is 0. The summed E-state index contributed by atoms with van der Waals surface area (Å²) in [5, 5.41) is 3.42. The van der Waals surface area contributed by atoms with Gasteiger partial charge in [-0.05, 0) is 57.8 Å². The Morgan fingerprint density at radius 2 is 2.11 bits per heavy atom. The summed E-state index contributed by atoms with van der Waals surface area (Å²) in [5.74, 6) is 1.000. The van der Waals surface area contributed by atoms with Gasteiger partial charge in [-0.1, -0.05) is 19.8 Å². The van der Waals surface area contributed by atoms with Gasteiger partial charge in [0, 0.05) is 13.7 Å². The fraction of sp³-hybridized carbons (Fsp3) is 1.00. The molecule has 0 aromatic rings. The Bertz CT molecular complexity index is 187. The highest BCUT2D eigenvalue weighted by molar-refractivity contribution is 4.70. The van der Waals surface area contributed by atoms with E-state index in [0.29, 0.717) is 0 Å². The first-order valence-corrected chi connectivity index (χ1v) is 7.78. The molecule has 0 spiro atoms. The van der Waals surface area contributed by atoms with Gasteiger partial charge in [0.25, 0.3) is 0 Å². The molecule has 0 radical (unpaired) electrons. The van der Waals surface area contributed by atoms with Crippen LogP contribution >= 0.6 is 0 Å². The molecule has 0 aliphatic carbocycles. The molecule has 1 fully saturated rings. The minimum Gasteiger partial charge on any atom is -0.383 e. The summed E-state index contributed by atoms with van der Waals surface area (Å²) in [6.45, 7) is 9.14. The standard InChI is InChI=1S/C15H32N2O/c1-3-6-15-7-4-11-17(13-8-15)12-5-9-16-10-14-18-2/h15-16H,3-14H2,1-2H3. The molecule has 1 aliphatic heterocycles. The Labute approximate surface area is 113 Å². The summed E-state index contributed by atoms with van der Waals surface area (Å²) in [7, 11) is 1.76. The first kappa shape index (κ1) is 15.9. The van der Waals surface area contributed by atoms with Crippen molar-refractivity contribution in [3.8, 4) is 0 Å². The van der Waals surface area contributed by atoms with Crippen molar-refractivity contribution in [3.63, 3.8) is 0 Å². The molecular weight excluding hydrogens is 224 g/mol. The number of nitrogens with zero attached hydrogens (tertiary/aromatic N) is 1. The number of ether oxygens (including phenoxy) is 1. The van der Waals surface area contributed by atoms with Crippen molar-refractivity contribution in [2.45, 2.75) is 45.4 Å². The predicted molar refractivity (Wildman–Crippen MR) is 78.1 cm³/mol. The van der Waals surface area contributed by atoms with Crippen LogP contribution in [-0.4, -0.2) is 51.3 Å². The summed E-state index contributed by atoms with van der Waals surface area (Å²) in [4.78, 5) is 2.66. The second-order valence-electron chi connectivity index (χ2n) is 5.52. The quantitative estimate of drug-likeness (QED) is 0.642. The second-order valence-corrected chi connectivity index (χ2v) is 5.52. The van der Waals surface area contributed by atoms with Crippen molar-refractivity contribution < 1.29 is 4.74 Å². The number of nitrogens with one attached hydrogen (secondary N) is 1. The maximum absolute atomic E-state index is 5.02. The molecule has 108 valence electrons. The summed E-state index contributed by atoms with van der Waals surface area (Å²) in [6, 6.07) is 0.